The van der Waals surface area contributed by atoms with Gasteiger partial charge in [-0.1, -0.05) is 18.2 Å². The summed E-state index contributed by atoms with van der Waals surface area (Å²) >= 11 is 0. The van der Waals surface area contributed by atoms with Crippen LogP contribution in [0.5, 0.6) is 0 Å². The normalized spacial score (nSPS) is 14.3. The first kappa shape index (κ1) is 16.9. The number of pyridine rings is 1. The van der Waals surface area contributed by atoms with Crippen LogP contribution in [0.1, 0.15) is 22.5 Å². The Morgan fingerprint density at radius 3 is 2.75 bits per heavy atom. The predicted molar refractivity (Wildman–Crippen MR) is 109 cm³/mol. The zero-order valence-electron chi connectivity index (χ0n) is 15.7. The predicted octanol–water partition coefficient (Wildman–Crippen LogP) is 3.18. The molecule has 0 amide bonds. The van der Waals surface area contributed by atoms with Crippen molar-refractivity contribution in [3.05, 3.63) is 81.7 Å². The maximum atomic E-state index is 12.6. The standard InChI is InChI=1S/C22H21N5O/c1-14-16-4-2-3-5-18(16)24-19(14)12-27-11-8-17-20(13-27)25-21(26-22(17)28)15-6-9-23-10-7-15/h2-7,9-10,24H,8,11-13H2,1H3,(H,25,26,28). The molecule has 140 valence electrons. The van der Waals surface area contributed by atoms with Crippen molar-refractivity contribution in [2.75, 3.05) is 6.54 Å². The molecule has 0 fully saturated rings. The molecule has 4 aromatic rings. The highest BCUT2D eigenvalue weighted by atomic mass is 16.1. The molecule has 6 heteroatoms. The van der Waals surface area contributed by atoms with Crippen molar-refractivity contribution in [2.24, 2.45) is 0 Å². The first-order valence-electron chi connectivity index (χ1n) is 9.50. The van der Waals surface area contributed by atoms with Gasteiger partial charge in [0.1, 0.15) is 5.82 Å². The molecule has 1 aliphatic rings. The van der Waals surface area contributed by atoms with Crippen molar-refractivity contribution in [1.29, 1.82) is 0 Å². The van der Waals surface area contributed by atoms with Gasteiger partial charge in [0.2, 0.25) is 0 Å². The van der Waals surface area contributed by atoms with Crippen LogP contribution in [0.25, 0.3) is 22.3 Å². The van der Waals surface area contributed by atoms with E-state index in [-0.39, 0.29) is 5.56 Å². The van der Waals surface area contributed by atoms with Gasteiger partial charge < -0.3 is 9.97 Å². The van der Waals surface area contributed by atoms with Crippen LogP contribution in [0.4, 0.5) is 0 Å². The maximum Gasteiger partial charge on any atom is 0.254 e. The van der Waals surface area contributed by atoms with Crippen LogP contribution in [-0.2, 0) is 19.5 Å². The maximum absolute atomic E-state index is 12.6. The zero-order valence-corrected chi connectivity index (χ0v) is 15.7. The van der Waals surface area contributed by atoms with Crippen molar-refractivity contribution >= 4 is 10.9 Å². The van der Waals surface area contributed by atoms with Gasteiger partial charge in [0, 0.05) is 59.8 Å². The van der Waals surface area contributed by atoms with E-state index in [1.807, 2.05) is 12.1 Å². The monoisotopic (exact) mass is 371 g/mol. The quantitative estimate of drug-likeness (QED) is 0.580. The molecule has 1 aliphatic heterocycles. The van der Waals surface area contributed by atoms with Gasteiger partial charge in [0.25, 0.3) is 5.56 Å². The average molecular weight is 371 g/mol. The van der Waals surface area contributed by atoms with E-state index in [4.69, 9.17) is 4.98 Å². The largest absolute Gasteiger partial charge is 0.357 e. The van der Waals surface area contributed by atoms with Gasteiger partial charge >= 0.3 is 0 Å². The van der Waals surface area contributed by atoms with Crippen molar-refractivity contribution in [1.82, 2.24) is 24.8 Å². The second-order valence-electron chi connectivity index (χ2n) is 7.31. The molecule has 0 saturated carbocycles. The van der Waals surface area contributed by atoms with Crippen molar-refractivity contribution in [3.63, 3.8) is 0 Å². The van der Waals surface area contributed by atoms with E-state index in [1.165, 1.54) is 22.2 Å². The summed E-state index contributed by atoms with van der Waals surface area (Å²) in [6, 6.07) is 12.1. The Morgan fingerprint density at radius 1 is 1.11 bits per heavy atom. The Labute approximate surface area is 162 Å². The number of aromatic amines is 2. The lowest BCUT2D eigenvalue weighted by molar-refractivity contribution is 0.238. The van der Waals surface area contributed by atoms with Gasteiger partial charge in [0.15, 0.2) is 0 Å². The Bertz CT molecular complexity index is 1210. The second kappa shape index (κ2) is 6.73. The van der Waals surface area contributed by atoms with Crippen LogP contribution in [-0.4, -0.2) is 31.4 Å². The van der Waals surface area contributed by atoms with Gasteiger partial charge in [0.05, 0.1) is 5.69 Å². The number of hydrogen-bond acceptors (Lipinski definition) is 4. The SMILES string of the molecule is Cc1c(CN2CCc3c(nc(-c4ccncc4)[nH]c3=O)C2)[nH]c2ccccc12. The average Bonchev–Trinajstić information content (AvgIpc) is 3.04. The number of H-pyrrole nitrogens is 2. The van der Waals surface area contributed by atoms with Gasteiger partial charge in [-0.15, -0.1) is 0 Å². The van der Waals surface area contributed by atoms with E-state index in [1.54, 1.807) is 12.4 Å². The summed E-state index contributed by atoms with van der Waals surface area (Å²) in [5.41, 5.74) is 6.21. The molecule has 5 rings (SSSR count). The molecule has 0 saturated heterocycles. The van der Waals surface area contributed by atoms with E-state index < -0.39 is 0 Å². The molecule has 0 atom stereocenters. The molecule has 6 nitrogen and oxygen atoms in total. The van der Waals surface area contributed by atoms with Gasteiger partial charge in [-0.3, -0.25) is 14.7 Å². The van der Waals surface area contributed by atoms with Crippen LogP contribution in [0, 0.1) is 6.92 Å². The lowest BCUT2D eigenvalue weighted by Crippen LogP contribution is -2.35. The third-order valence-corrected chi connectivity index (χ3v) is 5.56. The number of fused-ring (bicyclic) bond motifs is 2. The molecule has 1 aromatic carbocycles. The molecule has 0 spiro atoms. The minimum absolute atomic E-state index is 0.0294. The molecule has 3 aromatic heterocycles. The molecule has 28 heavy (non-hydrogen) atoms. The molecule has 0 unspecified atom stereocenters. The number of rotatable bonds is 3. The van der Waals surface area contributed by atoms with E-state index in [2.05, 4.69) is 51.0 Å². The highest BCUT2D eigenvalue weighted by Gasteiger charge is 2.22. The summed E-state index contributed by atoms with van der Waals surface area (Å²) in [7, 11) is 0. The number of hydrogen-bond donors (Lipinski definition) is 2. The molecule has 4 heterocycles. The highest BCUT2D eigenvalue weighted by Crippen LogP contribution is 2.24. The fourth-order valence-corrected chi connectivity index (χ4v) is 3.99. The number of benzene rings is 1. The second-order valence-corrected chi connectivity index (χ2v) is 7.31. The summed E-state index contributed by atoms with van der Waals surface area (Å²) in [6.45, 7) is 4.50. The first-order valence-corrected chi connectivity index (χ1v) is 9.50. The number of nitrogens with one attached hydrogen (secondary N) is 2. The minimum atomic E-state index is -0.0294. The van der Waals surface area contributed by atoms with Gasteiger partial charge in [-0.05, 0) is 37.1 Å². The van der Waals surface area contributed by atoms with Crippen molar-refractivity contribution in [3.8, 4) is 11.4 Å². The smallest absolute Gasteiger partial charge is 0.254 e. The fraction of sp³-hybridized carbons (Fsp3) is 0.227. The lowest BCUT2D eigenvalue weighted by Gasteiger charge is -2.27. The molecule has 0 radical (unpaired) electrons. The number of aromatic nitrogens is 4. The van der Waals surface area contributed by atoms with Gasteiger partial charge in [-0.2, -0.15) is 0 Å². The number of aryl methyl sites for hydroxylation is 1. The van der Waals surface area contributed by atoms with Crippen LogP contribution < -0.4 is 5.56 Å². The Balaban J connectivity index is 1.45. The molecule has 2 N–H and O–H groups in total. The van der Waals surface area contributed by atoms with Crippen LogP contribution in [0.15, 0.2) is 53.6 Å². The van der Waals surface area contributed by atoms with Crippen LogP contribution in [0.2, 0.25) is 0 Å². The molecule has 0 bridgehead atoms. The Morgan fingerprint density at radius 2 is 1.93 bits per heavy atom. The van der Waals surface area contributed by atoms with E-state index in [9.17, 15) is 4.79 Å². The summed E-state index contributed by atoms with van der Waals surface area (Å²) < 4.78 is 0. The van der Waals surface area contributed by atoms with E-state index in [0.29, 0.717) is 18.8 Å². The van der Waals surface area contributed by atoms with E-state index in [0.717, 1.165) is 29.9 Å². The Hall–Kier alpha value is -3.25. The van der Waals surface area contributed by atoms with Crippen molar-refractivity contribution < 1.29 is 0 Å². The Kier molecular flexibility index (Phi) is 4.06. The van der Waals surface area contributed by atoms with Crippen LogP contribution >= 0.6 is 0 Å². The number of nitrogens with zero attached hydrogens (tertiary/aromatic N) is 3. The summed E-state index contributed by atoms with van der Waals surface area (Å²) in [6.07, 6.45) is 4.13. The summed E-state index contributed by atoms with van der Waals surface area (Å²) in [5, 5.41) is 1.27. The van der Waals surface area contributed by atoms with E-state index >= 15 is 0 Å². The summed E-state index contributed by atoms with van der Waals surface area (Å²) in [4.78, 5) is 30.2. The molecule has 0 aliphatic carbocycles. The molecular weight excluding hydrogens is 350 g/mol. The van der Waals surface area contributed by atoms with Crippen LogP contribution in [0.3, 0.4) is 0 Å². The third-order valence-electron chi connectivity index (χ3n) is 5.56. The molecular formula is C22H21N5O. The van der Waals surface area contributed by atoms with Gasteiger partial charge in [-0.25, -0.2) is 4.98 Å². The first-order chi connectivity index (χ1) is 13.7. The fourth-order valence-electron chi connectivity index (χ4n) is 3.99. The lowest BCUT2D eigenvalue weighted by atomic mass is 10.1. The highest BCUT2D eigenvalue weighted by molar-refractivity contribution is 5.84. The summed E-state index contributed by atoms with van der Waals surface area (Å²) in [5.74, 6) is 0.606. The third kappa shape index (κ3) is 2.92. The minimum Gasteiger partial charge on any atom is -0.357 e. The number of para-hydroxylation sites is 1. The zero-order chi connectivity index (χ0) is 19.1. The topological polar surface area (TPSA) is 77.7 Å². The van der Waals surface area contributed by atoms with Crippen molar-refractivity contribution in [2.45, 2.75) is 26.4 Å².